The fourth-order valence-electron chi connectivity index (χ4n) is 3.35. The van der Waals surface area contributed by atoms with Crippen molar-refractivity contribution in [1.29, 1.82) is 0 Å². The second-order valence-electron chi connectivity index (χ2n) is 12.0. The monoisotopic (exact) mass is 558 g/mol. The Hall–Kier alpha value is -4.22. The van der Waals surface area contributed by atoms with E-state index in [1.54, 1.807) is 24.3 Å². The molecule has 4 N–H and O–H groups in total. The van der Waals surface area contributed by atoms with Crippen LogP contribution in [0.5, 0.6) is 0 Å². The maximum atomic E-state index is 11.7. The summed E-state index contributed by atoms with van der Waals surface area (Å²) in [5, 5.41) is 34.0. The van der Waals surface area contributed by atoms with Crippen molar-refractivity contribution in [2.75, 3.05) is 10.6 Å². The molecule has 0 atom stereocenters. The Labute approximate surface area is 235 Å². The van der Waals surface area contributed by atoms with E-state index in [-0.39, 0.29) is 46.6 Å². The van der Waals surface area contributed by atoms with Crippen LogP contribution in [0.15, 0.2) is 36.4 Å². The molecular weight excluding hydrogens is 516 g/mol. The molecule has 0 bridgehead atoms. The average molecular weight is 559 g/mol. The Kier molecular flexibility index (Phi) is 11.6. The van der Waals surface area contributed by atoms with Gasteiger partial charge in [0.25, 0.3) is 23.2 Å². The summed E-state index contributed by atoms with van der Waals surface area (Å²) in [5.74, 6) is -0.248. The van der Waals surface area contributed by atoms with Gasteiger partial charge < -0.3 is 21.3 Å². The van der Waals surface area contributed by atoms with Crippen molar-refractivity contribution < 1.29 is 19.4 Å². The molecule has 0 aromatic heterocycles. The molecule has 40 heavy (non-hydrogen) atoms. The van der Waals surface area contributed by atoms with Crippen molar-refractivity contribution in [2.24, 2.45) is 0 Å². The van der Waals surface area contributed by atoms with Crippen molar-refractivity contribution in [3.05, 3.63) is 67.8 Å². The zero-order chi connectivity index (χ0) is 31.0. The smallest absolute Gasteiger partial charge is 0.299 e. The minimum absolute atomic E-state index is 0.0985. The molecule has 0 spiro atoms. The van der Waals surface area contributed by atoms with Gasteiger partial charge in [0.05, 0.1) is 15.9 Å². The van der Waals surface area contributed by atoms with E-state index >= 15 is 0 Å². The molecule has 0 radical (unpaired) electrons. The summed E-state index contributed by atoms with van der Waals surface area (Å²) >= 11 is 0. The molecule has 0 saturated heterocycles. The van der Waals surface area contributed by atoms with E-state index in [0.29, 0.717) is 11.1 Å². The zero-order valence-corrected chi connectivity index (χ0v) is 25.0. The van der Waals surface area contributed by atoms with Gasteiger partial charge in [0.2, 0.25) is 0 Å². The van der Waals surface area contributed by atoms with Crippen LogP contribution in [0.2, 0.25) is 0 Å². The third-order valence-electron chi connectivity index (χ3n) is 4.78. The lowest BCUT2D eigenvalue weighted by molar-refractivity contribution is -0.393. The lowest BCUT2D eigenvalue weighted by atomic mass is 10.1. The van der Waals surface area contributed by atoms with Crippen molar-refractivity contribution in [2.45, 2.75) is 92.4 Å². The predicted octanol–water partition coefficient (Wildman–Crippen LogP) is 5.89. The standard InChI is InChI=1S/C14H22N4O4.C14H20N2O2/c1-13(2,3)15-9-7-10(16-14(4,5)6)12(18(21)22)8-11(9)17(19)20;1-9(2)15-13(17)11-5-7-12(8-6-11)14(18)16-10(3)4/h7-8,15-16H,1-6H3;5-10H,1-4H3,(H,15,17)(H,16,18). The molecule has 0 unspecified atom stereocenters. The fourth-order valence-corrected chi connectivity index (χ4v) is 3.35. The van der Waals surface area contributed by atoms with Gasteiger partial charge in [-0.25, -0.2) is 0 Å². The molecule has 0 heterocycles. The molecular formula is C28H42N6O6. The number of nitro benzene ring substituents is 2. The third kappa shape index (κ3) is 11.7. The van der Waals surface area contributed by atoms with Gasteiger partial charge in [0.15, 0.2) is 0 Å². The van der Waals surface area contributed by atoms with Crippen LogP contribution in [0.25, 0.3) is 0 Å². The summed E-state index contributed by atoms with van der Waals surface area (Å²) in [7, 11) is 0. The molecule has 2 amide bonds. The molecule has 0 fully saturated rings. The number of carbonyl (C=O) groups is 2. The Morgan fingerprint density at radius 3 is 1.18 bits per heavy atom. The number of nitro groups is 2. The minimum atomic E-state index is -0.623. The highest BCUT2D eigenvalue weighted by Gasteiger charge is 2.28. The Balaban J connectivity index is 0.000000408. The zero-order valence-electron chi connectivity index (χ0n) is 25.0. The van der Waals surface area contributed by atoms with E-state index in [2.05, 4.69) is 21.3 Å². The number of carbonyl (C=O) groups excluding carboxylic acids is 2. The largest absolute Gasteiger partial charge is 0.375 e. The summed E-state index contributed by atoms with van der Waals surface area (Å²) < 4.78 is 0. The Morgan fingerprint density at radius 2 is 0.950 bits per heavy atom. The van der Waals surface area contributed by atoms with Crippen LogP contribution in [0.4, 0.5) is 22.7 Å². The molecule has 0 aliphatic heterocycles. The second kappa shape index (κ2) is 13.7. The first kappa shape index (κ1) is 33.8. The van der Waals surface area contributed by atoms with Crippen molar-refractivity contribution in [1.82, 2.24) is 10.6 Å². The molecule has 2 aromatic rings. The van der Waals surface area contributed by atoms with Crippen molar-refractivity contribution in [3.63, 3.8) is 0 Å². The van der Waals surface area contributed by atoms with E-state index < -0.39 is 20.9 Å². The number of anilines is 2. The first-order valence-corrected chi connectivity index (χ1v) is 12.9. The van der Waals surface area contributed by atoms with E-state index in [0.717, 1.165) is 6.07 Å². The summed E-state index contributed by atoms with van der Waals surface area (Å²) in [6.45, 7) is 18.8. The highest BCUT2D eigenvalue weighted by Crippen LogP contribution is 2.38. The number of hydrogen-bond donors (Lipinski definition) is 4. The number of benzene rings is 2. The maximum absolute atomic E-state index is 11.7. The normalized spacial score (nSPS) is 11.3. The van der Waals surface area contributed by atoms with Gasteiger partial charge in [-0.15, -0.1) is 0 Å². The van der Waals surface area contributed by atoms with Crippen LogP contribution in [-0.2, 0) is 0 Å². The first-order chi connectivity index (χ1) is 18.2. The van der Waals surface area contributed by atoms with Crippen LogP contribution < -0.4 is 21.3 Å². The van der Waals surface area contributed by atoms with Crippen LogP contribution in [-0.4, -0.2) is 44.8 Å². The van der Waals surface area contributed by atoms with Gasteiger partial charge in [-0.3, -0.25) is 29.8 Å². The molecule has 12 heteroatoms. The molecule has 220 valence electrons. The molecule has 2 rings (SSSR count). The number of amides is 2. The third-order valence-corrected chi connectivity index (χ3v) is 4.78. The van der Waals surface area contributed by atoms with Gasteiger partial charge in [-0.05, 0) is 99.6 Å². The molecule has 2 aromatic carbocycles. The SMILES string of the molecule is CC(C)(C)Nc1cc(NC(C)(C)C)c([N+](=O)[O-])cc1[N+](=O)[O-].CC(C)NC(=O)c1ccc(C(=O)NC(C)C)cc1. The van der Waals surface area contributed by atoms with Gasteiger partial charge in [-0.2, -0.15) is 0 Å². The minimum Gasteiger partial charge on any atom is -0.375 e. The summed E-state index contributed by atoms with van der Waals surface area (Å²) in [4.78, 5) is 44.6. The predicted molar refractivity (Wildman–Crippen MR) is 158 cm³/mol. The average Bonchev–Trinajstić information content (AvgIpc) is 2.76. The molecule has 0 saturated carbocycles. The number of nitrogens with one attached hydrogen (secondary N) is 4. The molecule has 0 aliphatic carbocycles. The Morgan fingerprint density at radius 1 is 0.650 bits per heavy atom. The van der Waals surface area contributed by atoms with Crippen LogP contribution in [0, 0.1) is 20.2 Å². The lowest BCUT2D eigenvalue weighted by Gasteiger charge is -2.25. The Bertz CT molecular complexity index is 1120. The van der Waals surface area contributed by atoms with Gasteiger partial charge in [-0.1, -0.05) is 0 Å². The van der Waals surface area contributed by atoms with Gasteiger partial charge >= 0.3 is 0 Å². The van der Waals surface area contributed by atoms with Crippen LogP contribution in [0.3, 0.4) is 0 Å². The lowest BCUT2D eigenvalue weighted by Crippen LogP contribution is -2.31. The number of rotatable bonds is 8. The van der Waals surface area contributed by atoms with Gasteiger partial charge in [0.1, 0.15) is 11.4 Å². The number of hydrogen-bond acceptors (Lipinski definition) is 8. The summed E-state index contributed by atoms with van der Waals surface area (Å²) in [5.41, 5.74) is 0.140. The van der Waals surface area contributed by atoms with Crippen molar-refractivity contribution in [3.8, 4) is 0 Å². The quantitative estimate of drug-likeness (QED) is 0.230. The summed E-state index contributed by atoms with van der Waals surface area (Å²) in [6, 6.07) is 9.25. The van der Waals surface area contributed by atoms with Crippen LogP contribution >= 0.6 is 0 Å². The van der Waals surface area contributed by atoms with E-state index in [9.17, 15) is 29.8 Å². The fraction of sp³-hybridized carbons (Fsp3) is 0.500. The van der Waals surface area contributed by atoms with E-state index in [4.69, 9.17) is 0 Å². The van der Waals surface area contributed by atoms with Crippen LogP contribution in [0.1, 0.15) is 90.0 Å². The topological polar surface area (TPSA) is 169 Å². The number of nitrogens with zero attached hydrogens (tertiary/aromatic N) is 2. The highest BCUT2D eigenvalue weighted by molar-refractivity contribution is 5.98. The molecule has 12 nitrogen and oxygen atoms in total. The van der Waals surface area contributed by atoms with Crippen molar-refractivity contribution >= 4 is 34.6 Å². The molecule has 0 aliphatic rings. The maximum Gasteiger partial charge on any atom is 0.299 e. The first-order valence-electron chi connectivity index (χ1n) is 12.9. The van der Waals surface area contributed by atoms with E-state index in [1.165, 1.54) is 6.07 Å². The second-order valence-corrected chi connectivity index (χ2v) is 12.0. The summed E-state index contributed by atoms with van der Waals surface area (Å²) in [6.07, 6.45) is 0. The highest BCUT2D eigenvalue weighted by atomic mass is 16.6. The van der Waals surface area contributed by atoms with E-state index in [1.807, 2.05) is 69.2 Å². The van der Waals surface area contributed by atoms with Gasteiger partial charge in [0, 0.05) is 34.3 Å².